The number of amides is 1. The smallest absolute Gasteiger partial charge is 0.263 e. The van der Waals surface area contributed by atoms with Crippen LogP contribution in [0.1, 0.15) is 42.2 Å². The minimum atomic E-state index is -0.118. The lowest BCUT2D eigenvalue weighted by Crippen LogP contribution is -2.27. The summed E-state index contributed by atoms with van der Waals surface area (Å²) in [5.74, 6) is 0.0859. The van der Waals surface area contributed by atoms with Crippen molar-refractivity contribution in [3.8, 4) is 0 Å². The van der Waals surface area contributed by atoms with Crippen molar-refractivity contribution < 1.29 is 4.79 Å². The third kappa shape index (κ3) is 4.15. The molecule has 0 unspecified atom stereocenters. The van der Waals surface area contributed by atoms with Crippen LogP contribution in [0.25, 0.3) is 10.2 Å². The number of hydrogen-bond donors (Lipinski definition) is 1. The van der Waals surface area contributed by atoms with E-state index in [1.165, 1.54) is 11.8 Å². The number of rotatable bonds is 5. The van der Waals surface area contributed by atoms with E-state index in [1.54, 1.807) is 11.3 Å². The maximum atomic E-state index is 13.4. The van der Waals surface area contributed by atoms with Gasteiger partial charge in [0.15, 0.2) is 5.16 Å². The molecule has 0 radical (unpaired) electrons. The average Bonchev–Trinajstić information content (AvgIpc) is 3.31. The summed E-state index contributed by atoms with van der Waals surface area (Å²) in [6, 6.07) is 7.69. The largest absolute Gasteiger partial charge is 0.324 e. The summed E-state index contributed by atoms with van der Waals surface area (Å²) in [6.07, 6.45) is 4.24. The molecule has 152 valence electrons. The molecular formula is C21H22BrN3O2S2. The number of halogens is 1. The molecule has 0 spiro atoms. The lowest BCUT2D eigenvalue weighted by Gasteiger charge is -2.18. The topological polar surface area (TPSA) is 64.0 Å². The van der Waals surface area contributed by atoms with Crippen molar-refractivity contribution in [2.45, 2.75) is 50.7 Å². The maximum absolute atomic E-state index is 13.4. The molecule has 5 nitrogen and oxygen atoms in total. The Morgan fingerprint density at radius 3 is 2.76 bits per heavy atom. The first kappa shape index (κ1) is 20.6. The first-order valence-corrected chi connectivity index (χ1v) is 12.2. The van der Waals surface area contributed by atoms with Crippen LogP contribution in [0.5, 0.6) is 0 Å². The number of thiophene rings is 1. The van der Waals surface area contributed by atoms with Crippen molar-refractivity contribution in [2.24, 2.45) is 0 Å². The van der Waals surface area contributed by atoms with Crippen LogP contribution in [0.3, 0.4) is 0 Å². The Morgan fingerprint density at radius 1 is 1.31 bits per heavy atom. The van der Waals surface area contributed by atoms with Gasteiger partial charge in [0.05, 0.1) is 16.8 Å². The van der Waals surface area contributed by atoms with Crippen LogP contribution in [0.15, 0.2) is 38.7 Å². The molecule has 1 fully saturated rings. The van der Waals surface area contributed by atoms with E-state index in [1.807, 2.05) is 42.7 Å². The Hall–Kier alpha value is -1.64. The second-order valence-corrected chi connectivity index (χ2v) is 10.3. The second kappa shape index (κ2) is 8.62. The molecule has 4 rings (SSSR count). The number of carbonyl (C=O) groups is 1. The van der Waals surface area contributed by atoms with Gasteiger partial charge in [-0.15, -0.1) is 11.3 Å². The van der Waals surface area contributed by atoms with Crippen LogP contribution in [0.4, 0.5) is 5.69 Å². The van der Waals surface area contributed by atoms with E-state index in [2.05, 4.69) is 21.2 Å². The SMILES string of the molecule is Cc1sc2nc(SCC(=O)Nc3ccccc3Br)n(C3CCCC3)c(=O)c2c1C. The highest BCUT2D eigenvalue weighted by atomic mass is 79.9. The second-order valence-electron chi connectivity index (χ2n) is 7.29. The highest BCUT2D eigenvalue weighted by Crippen LogP contribution is 2.34. The van der Waals surface area contributed by atoms with Crippen molar-refractivity contribution in [2.75, 3.05) is 11.1 Å². The number of carbonyl (C=O) groups excluding carboxylic acids is 1. The van der Waals surface area contributed by atoms with Gasteiger partial charge in [0.1, 0.15) is 4.83 Å². The predicted octanol–water partition coefficient (Wildman–Crippen LogP) is 5.68. The monoisotopic (exact) mass is 491 g/mol. The Morgan fingerprint density at radius 2 is 2.03 bits per heavy atom. The van der Waals surface area contributed by atoms with Crippen LogP contribution in [0, 0.1) is 13.8 Å². The van der Waals surface area contributed by atoms with E-state index in [4.69, 9.17) is 4.98 Å². The number of hydrogen-bond acceptors (Lipinski definition) is 5. The zero-order valence-electron chi connectivity index (χ0n) is 16.3. The van der Waals surface area contributed by atoms with Crippen LogP contribution in [-0.4, -0.2) is 21.2 Å². The molecule has 1 aliphatic rings. The Bertz CT molecular complexity index is 1130. The molecule has 8 heteroatoms. The zero-order chi connectivity index (χ0) is 20.5. The lowest BCUT2D eigenvalue weighted by molar-refractivity contribution is -0.113. The number of aryl methyl sites for hydroxylation is 2. The van der Waals surface area contributed by atoms with E-state index in [0.29, 0.717) is 5.16 Å². The molecule has 1 amide bonds. The summed E-state index contributed by atoms with van der Waals surface area (Å²) in [4.78, 5) is 32.6. The number of benzene rings is 1. The Balaban J connectivity index is 1.64. The standard InChI is InChI=1S/C21H22BrN3O2S2/c1-12-13(2)29-19-18(12)20(27)25(14-7-3-4-8-14)21(24-19)28-11-17(26)23-16-10-6-5-9-15(16)22/h5-6,9-10,14H,3-4,7-8,11H2,1-2H3,(H,23,26). The number of aromatic nitrogens is 2. The molecule has 1 N–H and O–H groups in total. The molecule has 1 aromatic carbocycles. The summed E-state index contributed by atoms with van der Waals surface area (Å²) in [7, 11) is 0. The number of para-hydroxylation sites is 1. The number of thioether (sulfide) groups is 1. The van der Waals surface area contributed by atoms with E-state index in [0.717, 1.165) is 56.5 Å². The van der Waals surface area contributed by atoms with Gasteiger partial charge in [-0.2, -0.15) is 0 Å². The summed E-state index contributed by atoms with van der Waals surface area (Å²) in [5, 5.41) is 4.30. The van der Waals surface area contributed by atoms with Gasteiger partial charge in [0.2, 0.25) is 5.91 Å². The third-order valence-corrected chi connectivity index (χ3v) is 8.12. The van der Waals surface area contributed by atoms with Gasteiger partial charge in [-0.3, -0.25) is 14.2 Å². The van der Waals surface area contributed by atoms with E-state index < -0.39 is 0 Å². The van der Waals surface area contributed by atoms with Crippen LogP contribution in [0.2, 0.25) is 0 Å². The van der Waals surface area contributed by atoms with E-state index >= 15 is 0 Å². The van der Waals surface area contributed by atoms with Crippen LogP contribution >= 0.6 is 39.0 Å². The van der Waals surface area contributed by atoms with Gasteiger partial charge in [-0.1, -0.05) is 36.7 Å². The maximum Gasteiger partial charge on any atom is 0.263 e. The molecule has 0 atom stereocenters. The first-order valence-electron chi connectivity index (χ1n) is 9.65. The lowest BCUT2D eigenvalue weighted by atomic mass is 10.2. The number of fused-ring (bicyclic) bond motifs is 1. The van der Waals surface area contributed by atoms with Gasteiger partial charge >= 0.3 is 0 Å². The highest BCUT2D eigenvalue weighted by Gasteiger charge is 2.25. The quantitative estimate of drug-likeness (QED) is 0.368. The molecule has 3 aromatic rings. The molecule has 0 saturated heterocycles. The van der Waals surface area contributed by atoms with Crippen molar-refractivity contribution in [3.05, 3.63) is 49.5 Å². The first-order chi connectivity index (χ1) is 14.0. The normalized spacial score (nSPS) is 14.6. The van der Waals surface area contributed by atoms with Gasteiger partial charge in [-0.05, 0) is 60.3 Å². The fourth-order valence-electron chi connectivity index (χ4n) is 3.75. The van der Waals surface area contributed by atoms with E-state index in [-0.39, 0.29) is 23.3 Å². The van der Waals surface area contributed by atoms with Gasteiger partial charge in [0.25, 0.3) is 5.56 Å². The number of nitrogens with one attached hydrogen (secondary N) is 1. The summed E-state index contributed by atoms with van der Waals surface area (Å²) in [6.45, 7) is 4.02. The number of nitrogens with zero attached hydrogens (tertiary/aromatic N) is 2. The molecule has 2 aromatic heterocycles. The number of anilines is 1. The molecule has 0 aliphatic heterocycles. The highest BCUT2D eigenvalue weighted by molar-refractivity contribution is 9.10. The van der Waals surface area contributed by atoms with E-state index in [9.17, 15) is 9.59 Å². The van der Waals surface area contributed by atoms with Crippen LogP contribution < -0.4 is 10.9 Å². The van der Waals surface area contributed by atoms with Gasteiger partial charge in [0, 0.05) is 15.4 Å². The average molecular weight is 492 g/mol. The zero-order valence-corrected chi connectivity index (χ0v) is 19.5. The molecule has 0 bridgehead atoms. The molecular weight excluding hydrogens is 470 g/mol. The fourth-order valence-corrected chi connectivity index (χ4v) is 6.07. The predicted molar refractivity (Wildman–Crippen MR) is 124 cm³/mol. The minimum Gasteiger partial charge on any atom is -0.324 e. The van der Waals surface area contributed by atoms with Crippen molar-refractivity contribution >= 4 is 60.8 Å². The summed E-state index contributed by atoms with van der Waals surface area (Å²) < 4.78 is 2.69. The molecule has 2 heterocycles. The third-order valence-electron chi connectivity index (χ3n) is 5.37. The van der Waals surface area contributed by atoms with Crippen molar-refractivity contribution in [3.63, 3.8) is 0 Å². The molecule has 29 heavy (non-hydrogen) atoms. The van der Waals surface area contributed by atoms with Crippen molar-refractivity contribution in [1.29, 1.82) is 0 Å². The van der Waals surface area contributed by atoms with Crippen LogP contribution in [-0.2, 0) is 4.79 Å². The molecule has 1 saturated carbocycles. The van der Waals surface area contributed by atoms with Gasteiger partial charge in [-0.25, -0.2) is 4.98 Å². The molecule has 1 aliphatic carbocycles. The Labute approximate surface area is 186 Å². The Kier molecular flexibility index (Phi) is 6.13. The van der Waals surface area contributed by atoms with Gasteiger partial charge < -0.3 is 5.32 Å². The minimum absolute atomic E-state index is 0.0393. The fraction of sp³-hybridized carbons (Fsp3) is 0.381. The summed E-state index contributed by atoms with van der Waals surface area (Å²) >= 11 is 6.34. The summed E-state index contributed by atoms with van der Waals surface area (Å²) in [5.41, 5.74) is 1.80. The van der Waals surface area contributed by atoms with Crippen molar-refractivity contribution in [1.82, 2.24) is 9.55 Å².